The van der Waals surface area contributed by atoms with Gasteiger partial charge >= 0.3 is 0 Å². The molecule has 2 N–H and O–H groups in total. The second-order valence-corrected chi connectivity index (χ2v) is 16.2. The van der Waals surface area contributed by atoms with E-state index in [0.29, 0.717) is 23.2 Å². The summed E-state index contributed by atoms with van der Waals surface area (Å²) in [6.45, 7) is 0. The van der Waals surface area contributed by atoms with Crippen LogP contribution < -0.4 is 5.73 Å². The first-order chi connectivity index (χ1) is 31.1. The Morgan fingerprint density at radius 2 is 0.937 bits per heavy atom. The van der Waals surface area contributed by atoms with Gasteiger partial charge in [0.25, 0.3) is 0 Å². The van der Waals surface area contributed by atoms with E-state index >= 15 is 0 Å². The van der Waals surface area contributed by atoms with Gasteiger partial charge in [-0.15, -0.1) is 0 Å². The van der Waals surface area contributed by atoms with Gasteiger partial charge in [-0.2, -0.15) is 0 Å². The van der Waals surface area contributed by atoms with Crippen molar-refractivity contribution in [3.05, 3.63) is 235 Å². The molecule has 5 nitrogen and oxygen atoms in total. The summed E-state index contributed by atoms with van der Waals surface area (Å²) in [5, 5.41) is 2.35. The Morgan fingerprint density at radius 1 is 0.365 bits per heavy atom. The molecule has 1 aliphatic rings. The zero-order valence-corrected chi connectivity index (χ0v) is 34.2. The Balaban J connectivity index is 1.05. The normalized spacial score (nSPS) is 13.0. The molecule has 0 radical (unpaired) electrons. The van der Waals surface area contributed by atoms with E-state index in [9.17, 15) is 0 Å². The lowest BCUT2D eigenvalue weighted by molar-refractivity contribution is 1.01. The predicted molar refractivity (Wildman–Crippen MR) is 259 cm³/mol. The van der Waals surface area contributed by atoms with Gasteiger partial charge in [-0.05, 0) is 92.5 Å². The van der Waals surface area contributed by atoms with Crippen molar-refractivity contribution in [1.29, 1.82) is 0 Å². The zero-order valence-electron chi connectivity index (χ0n) is 34.2. The van der Waals surface area contributed by atoms with Crippen LogP contribution in [-0.4, -0.2) is 19.5 Å². The van der Waals surface area contributed by atoms with E-state index in [1.165, 1.54) is 27.6 Å². The van der Waals surface area contributed by atoms with Crippen LogP contribution in [0, 0.1) is 0 Å². The van der Waals surface area contributed by atoms with Gasteiger partial charge in [-0.1, -0.05) is 176 Å². The van der Waals surface area contributed by atoms with Gasteiger partial charge in [0.05, 0.1) is 11.0 Å². The van der Waals surface area contributed by atoms with E-state index in [1.807, 2.05) is 12.1 Å². The van der Waals surface area contributed by atoms with Crippen LogP contribution in [0.4, 0.5) is 5.69 Å². The molecule has 1 unspecified atom stereocenters. The molecule has 12 rings (SSSR count). The Bertz CT molecular complexity index is 3500. The third kappa shape index (κ3) is 6.29. The second-order valence-electron chi connectivity index (χ2n) is 16.2. The number of benzene rings is 9. The van der Waals surface area contributed by atoms with E-state index in [4.69, 9.17) is 20.7 Å². The second kappa shape index (κ2) is 14.9. The van der Waals surface area contributed by atoms with Crippen molar-refractivity contribution in [2.24, 2.45) is 0 Å². The fraction of sp³-hybridized carbons (Fsp3) is 0.0172. The molecule has 296 valence electrons. The highest BCUT2D eigenvalue weighted by atomic mass is 15.0. The molecule has 5 heteroatoms. The number of hydrogen-bond donors (Lipinski definition) is 1. The minimum absolute atomic E-state index is 0.0238. The Hall–Kier alpha value is -8.41. The largest absolute Gasteiger partial charge is 0.399 e. The fourth-order valence-electron chi connectivity index (χ4n) is 9.58. The Morgan fingerprint density at radius 3 is 1.71 bits per heavy atom. The maximum absolute atomic E-state index is 6.86. The quantitative estimate of drug-likeness (QED) is 0.163. The lowest BCUT2D eigenvalue weighted by Gasteiger charge is -2.16. The molecular formula is C58H39N5. The maximum atomic E-state index is 6.86. The Labute approximate surface area is 365 Å². The summed E-state index contributed by atoms with van der Waals surface area (Å²) in [5.41, 5.74) is 24.0. The van der Waals surface area contributed by atoms with Crippen molar-refractivity contribution in [3.63, 3.8) is 0 Å². The summed E-state index contributed by atoms with van der Waals surface area (Å²) in [4.78, 5) is 16.0. The smallest absolute Gasteiger partial charge is 0.164 e. The summed E-state index contributed by atoms with van der Waals surface area (Å²) in [7, 11) is 0. The number of hydrogen-bond acceptors (Lipinski definition) is 4. The van der Waals surface area contributed by atoms with Crippen molar-refractivity contribution in [2.45, 2.75) is 5.92 Å². The van der Waals surface area contributed by atoms with Crippen LogP contribution in [0.15, 0.2) is 218 Å². The van der Waals surface area contributed by atoms with Gasteiger partial charge in [-0.3, -0.25) is 0 Å². The molecule has 0 saturated carbocycles. The summed E-state index contributed by atoms with van der Waals surface area (Å²) >= 11 is 0. The minimum Gasteiger partial charge on any atom is -0.399 e. The molecule has 2 aromatic heterocycles. The Kier molecular flexibility index (Phi) is 8.64. The topological polar surface area (TPSA) is 69.6 Å². The minimum atomic E-state index is 0.0238. The van der Waals surface area contributed by atoms with Crippen LogP contribution in [-0.2, 0) is 0 Å². The van der Waals surface area contributed by atoms with Crippen LogP contribution in [0.25, 0.3) is 95.0 Å². The van der Waals surface area contributed by atoms with Crippen molar-refractivity contribution >= 4 is 27.5 Å². The maximum Gasteiger partial charge on any atom is 0.164 e. The first-order valence-corrected chi connectivity index (χ1v) is 21.3. The van der Waals surface area contributed by atoms with Gasteiger partial charge in [0, 0.05) is 44.8 Å². The van der Waals surface area contributed by atoms with E-state index in [2.05, 4.69) is 211 Å². The zero-order chi connectivity index (χ0) is 41.9. The average Bonchev–Trinajstić information content (AvgIpc) is 3.87. The summed E-state index contributed by atoms with van der Waals surface area (Å²) in [6, 6.07) is 76.9. The molecule has 0 saturated heterocycles. The van der Waals surface area contributed by atoms with Crippen molar-refractivity contribution in [2.75, 3.05) is 5.73 Å². The van der Waals surface area contributed by atoms with Crippen LogP contribution >= 0.6 is 0 Å². The fourth-order valence-corrected chi connectivity index (χ4v) is 9.58. The monoisotopic (exact) mass is 805 g/mol. The van der Waals surface area contributed by atoms with Gasteiger partial charge in [0.1, 0.15) is 0 Å². The molecule has 2 heterocycles. The van der Waals surface area contributed by atoms with Gasteiger partial charge in [0.2, 0.25) is 0 Å². The van der Waals surface area contributed by atoms with E-state index in [0.717, 1.165) is 66.6 Å². The number of nitrogen functional groups attached to an aromatic ring is 1. The van der Waals surface area contributed by atoms with E-state index in [1.54, 1.807) is 0 Å². The first-order valence-electron chi connectivity index (χ1n) is 21.3. The molecule has 11 aromatic rings. The number of para-hydroxylation sites is 2. The van der Waals surface area contributed by atoms with Crippen LogP contribution in [0.5, 0.6) is 0 Å². The predicted octanol–water partition coefficient (Wildman–Crippen LogP) is 14.0. The van der Waals surface area contributed by atoms with E-state index < -0.39 is 0 Å². The van der Waals surface area contributed by atoms with Crippen LogP contribution in [0.2, 0.25) is 0 Å². The van der Waals surface area contributed by atoms with Gasteiger partial charge < -0.3 is 10.3 Å². The highest BCUT2D eigenvalue weighted by molar-refractivity contribution is 6.10. The molecule has 9 aromatic carbocycles. The first kappa shape index (κ1) is 36.4. The summed E-state index contributed by atoms with van der Waals surface area (Å²) < 4.78 is 2.33. The SMILES string of the molecule is Nc1cc(-c2nc(-c3ccc(-c4cccc(-c5ccccc5)c4)cc3)nc(-c3ccc4c5ccccc5n(-c5ccccc5)c4c3)n2)c2c(c1)C(c1ccccc1)c1ccccc1-2. The molecule has 0 fully saturated rings. The lowest BCUT2D eigenvalue weighted by Crippen LogP contribution is -2.03. The molecule has 0 aliphatic heterocycles. The number of rotatable bonds is 7. The van der Waals surface area contributed by atoms with Gasteiger partial charge in [0.15, 0.2) is 17.5 Å². The molecule has 0 bridgehead atoms. The standard InChI is InChI=1S/C58H39N5/c59-44-35-50-54(39-17-6-2-7-18-39)48-24-10-11-25-49(48)55(50)51(36-44)58-61-56(40-29-27-38(28-30-40)42-20-14-19-41(33-42)37-15-4-1-5-16-37)60-57(62-58)43-31-32-47-46-23-12-13-26-52(46)63(53(47)34-43)45-21-8-3-9-22-45/h1-36,54H,59H2. The molecular weight excluding hydrogens is 767 g/mol. The summed E-state index contributed by atoms with van der Waals surface area (Å²) in [6.07, 6.45) is 0. The molecule has 63 heavy (non-hydrogen) atoms. The van der Waals surface area contributed by atoms with Gasteiger partial charge in [-0.25, -0.2) is 15.0 Å². The third-order valence-electron chi connectivity index (χ3n) is 12.4. The average molecular weight is 806 g/mol. The lowest BCUT2D eigenvalue weighted by atomic mass is 9.88. The highest BCUT2D eigenvalue weighted by Crippen LogP contribution is 2.52. The third-order valence-corrected chi connectivity index (χ3v) is 12.4. The number of anilines is 1. The molecule has 0 amide bonds. The number of nitrogens with two attached hydrogens (primary N) is 1. The molecule has 1 aliphatic carbocycles. The van der Waals surface area contributed by atoms with Crippen LogP contribution in [0.3, 0.4) is 0 Å². The molecule has 0 spiro atoms. The van der Waals surface area contributed by atoms with Crippen molar-refractivity contribution in [3.8, 4) is 73.2 Å². The van der Waals surface area contributed by atoms with Crippen molar-refractivity contribution < 1.29 is 0 Å². The number of aromatic nitrogens is 4. The van der Waals surface area contributed by atoms with Crippen molar-refractivity contribution in [1.82, 2.24) is 19.5 Å². The van der Waals surface area contributed by atoms with Crippen LogP contribution in [0.1, 0.15) is 22.6 Å². The highest BCUT2D eigenvalue weighted by Gasteiger charge is 2.33. The summed E-state index contributed by atoms with van der Waals surface area (Å²) in [5.74, 6) is 1.77. The number of fused-ring (bicyclic) bond motifs is 6. The number of nitrogens with zero attached hydrogens (tertiary/aromatic N) is 4. The van der Waals surface area contributed by atoms with E-state index in [-0.39, 0.29) is 5.92 Å². The molecule has 1 atom stereocenters.